The highest BCUT2D eigenvalue weighted by Crippen LogP contribution is 1.82. The summed E-state index contributed by atoms with van der Waals surface area (Å²) in [5, 5.41) is 6.47. The van der Waals surface area contributed by atoms with Crippen LogP contribution in [0.3, 0.4) is 0 Å². The molecule has 0 aliphatic heterocycles. The van der Waals surface area contributed by atoms with E-state index < -0.39 is 0 Å². The molecule has 0 aliphatic carbocycles. The topological polar surface area (TPSA) is 50.1 Å². The molecule has 0 aliphatic rings. The van der Waals surface area contributed by atoms with E-state index in [4.69, 9.17) is 5.73 Å². The van der Waals surface area contributed by atoms with Crippen LogP contribution >= 0.6 is 0 Å². The molecule has 0 heterocycles. The molecule has 0 saturated carbocycles. The van der Waals surface area contributed by atoms with Gasteiger partial charge in [0.15, 0.2) is 0 Å². The second-order valence-electron chi connectivity index (χ2n) is 2.70. The summed E-state index contributed by atoms with van der Waals surface area (Å²) in [6.07, 6.45) is 3.55. The summed E-state index contributed by atoms with van der Waals surface area (Å²) in [6.45, 7) is 4.15. The van der Waals surface area contributed by atoms with Gasteiger partial charge in [-0.3, -0.25) is 0 Å². The van der Waals surface area contributed by atoms with Gasteiger partial charge in [-0.2, -0.15) is 0 Å². The molecule has 0 aromatic carbocycles. The van der Waals surface area contributed by atoms with Crippen LogP contribution in [0.1, 0.15) is 19.3 Å². The summed E-state index contributed by atoms with van der Waals surface area (Å²) in [7, 11) is 1.98. The second-order valence-corrected chi connectivity index (χ2v) is 2.70. The first-order chi connectivity index (χ1) is 5.41. The lowest BCUT2D eigenvalue weighted by Gasteiger charge is -2.02. The van der Waals surface area contributed by atoms with Crippen molar-refractivity contribution >= 4 is 0 Å². The van der Waals surface area contributed by atoms with Crippen LogP contribution in [0.25, 0.3) is 0 Å². The number of hydrogen-bond donors (Lipinski definition) is 3. The van der Waals surface area contributed by atoms with Gasteiger partial charge in [-0.1, -0.05) is 0 Å². The lowest BCUT2D eigenvalue weighted by molar-refractivity contribution is 0.594. The summed E-state index contributed by atoms with van der Waals surface area (Å²) >= 11 is 0. The summed E-state index contributed by atoms with van der Waals surface area (Å²) in [5.74, 6) is 0. The van der Waals surface area contributed by atoms with Crippen LogP contribution in [0, 0.1) is 0 Å². The highest BCUT2D eigenvalue weighted by molar-refractivity contribution is 4.50. The molecule has 68 valence electrons. The molecule has 0 amide bonds. The molecule has 0 radical (unpaired) electrons. The fraction of sp³-hybridized carbons (Fsp3) is 1.00. The first-order valence-corrected chi connectivity index (χ1v) is 4.47. The summed E-state index contributed by atoms with van der Waals surface area (Å²) in [6, 6.07) is 0. The van der Waals surface area contributed by atoms with Crippen LogP contribution < -0.4 is 16.4 Å². The molecule has 0 aromatic heterocycles. The van der Waals surface area contributed by atoms with Crippen LogP contribution in [0.15, 0.2) is 0 Å². The summed E-state index contributed by atoms with van der Waals surface area (Å²) in [4.78, 5) is 0. The van der Waals surface area contributed by atoms with E-state index in [1.807, 2.05) is 7.05 Å². The number of rotatable bonds is 8. The van der Waals surface area contributed by atoms with Crippen LogP contribution in [0.2, 0.25) is 0 Å². The molecule has 0 bridgehead atoms. The molecule has 0 spiro atoms. The normalized spacial score (nSPS) is 10.4. The Hall–Kier alpha value is -0.120. The minimum absolute atomic E-state index is 0.818. The second kappa shape index (κ2) is 9.88. The Bertz CT molecular complexity index is 58.4. The van der Waals surface area contributed by atoms with Gasteiger partial charge in [-0.05, 0) is 52.5 Å². The first-order valence-electron chi connectivity index (χ1n) is 4.47. The van der Waals surface area contributed by atoms with Crippen molar-refractivity contribution in [3.63, 3.8) is 0 Å². The van der Waals surface area contributed by atoms with Gasteiger partial charge in [-0.15, -0.1) is 0 Å². The third-order valence-electron chi connectivity index (χ3n) is 1.59. The van der Waals surface area contributed by atoms with Gasteiger partial charge in [0.25, 0.3) is 0 Å². The van der Waals surface area contributed by atoms with Crippen LogP contribution in [-0.2, 0) is 0 Å². The Kier molecular flexibility index (Phi) is 9.77. The molecule has 3 nitrogen and oxygen atoms in total. The molecule has 3 heteroatoms. The van der Waals surface area contributed by atoms with Crippen molar-refractivity contribution in [3.8, 4) is 0 Å². The Morgan fingerprint density at radius 3 is 2.36 bits per heavy atom. The molecular formula is C8H21N3. The van der Waals surface area contributed by atoms with Crippen molar-refractivity contribution in [2.45, 2.75) is 19.3 Å². The lowest BCUT2D eigenvalue weighted by atomic mass is 10.3. The zero-order valence-corrected chi connectivity index (χ0v) is 7.53. The van der Waals surface area contributed by atoms with E-state index in [-0.39, 0.29) is 0 Å². The van der Waals surface area contributed by atoms with Gasteiger partial charge in [0.1, 0.15) is 0 Å². The molecule has 0 saturated heterocycles. The molecule has 0 atom stereocenters. The van der Waals surface area contributed by atoms with Crippen molar-refractivity contribution < 1.29 is 0 Å². The maximum atomic E-state index is 5.35. The van der Waals surface area contributed by atoms with E-state index in [2.05, 4.69) is 10.6 Å². The van der Waals surface area contributed by atoms with E-state index in [1.165, 1.54) is 12.8 Å². The van der Waals surface area contributed by atoms with E-state index >= 15 is 0 Å². The fourth-order valence-electron chi connectivity index (χ4n) is 0.910. The van der Waals surface area contributed by atoms with Gasteiger partial charge in [0, 0.05) is 0 Å². The monoisotopic (exact) mass is 159 g/mol. The average Bonchev–Trinajstić information content (AvgIpc) is 2.03. The molecule has 0 rings (SSSR count). The van der Waals surface area contributed by atoms with E-state index in [0.717, 1.165) is 32.6 Å². The molecular weight excluding hydrogens is 138 g/mol. The smallest absolute Gasteiger partial charge is 0.00368 e. The van der Waals surface area contributed by atoms with E-state index in [0.29, 0.717) is 0 Å². The predicted octanol–water partition coefficient (Wildman–Crippen LogP) is -0.0756. The maximum absolute atomic E-state index is 5.35. The highest BCUT2D eigenvalue weighted by atomic mass is 14.9. The molecule has 0 unspecified atom stereocenters. The first kappa shape index (κ1) is 10.9. The minimum atomic E-state index is 0.818. The molecule has 4 N–H and O–H groups in total. The minimum Gasteiger partial charge on any atom is -0.330 e. The maximum Gasteiger partial charge on any atom is -0.00368 e. The third kappa shape index (κ3) is 9.88. The van der Waals surface area contributed by atoms with E-state index in [1.54, 1.807) is 0 Å². The predicted molar refractivity (Wildman–Crippen MR) is 49.7 cm³/mol. The number of nitrogens with two attached hydrogens (primary N) is 1. The Balaban J connectivity index is 2.69. The fourth-order valence-corrected chi connectivity index (χ4v) is 0.910. The van der Waals surface area contributed by atoms with Gasteiger partial charge in [0.05, 0.1) is 0 Å². The van der Waals surface area contributed by atoms with E-state index in [9.17, 15) is 0 Å². The van der Waals surface area contributed by atoms with Crippen LogP contribution in [-0.4, -0.2) is 33.2 Å². The number of hydrogen-bond acceptors (Lipinski definition) is 3. The van der Waals surface area contributed by atoms with Crippen molar-refractivity contribution in [2.24, 2.45) is 5.73 Å². The van der Waals surface area contributed by atoms with Crippen molar-refractivity contribution in [1.29, 1.82) is 0 Å². The lowest BCUT2D eigenvalue weighted by Crippen LogP contribution is -2.21. The molecule has 11 heavy (non-hydrogen) atoms. The SMILES string of the molecule is CNCCCNCCCCN. The Morgan fingerprint density at radius 1 is 1.00 bits per heavy atom. The van der Waals surface area contributed by atoms with Crippen LogP contribution in [0.4, 0.5) is 0 Å². The van der Waals surface area contributed by atoms with Crippen molar-refractivity contribution in [2.75, 3.05) is 33.2 Å². The quantitative estimate of drug-likeness (QED) is 0.434. The summed E-state index contributed by atoms with van der Waals surface area (Å²) in [5.41, 5.74) is 5.35. The van der Waals surface area contributed by atoms with Crippen LogP contribution in [0.5, 0.6) is 0 Å². The Labute approximate surface area is 69.7 Å². The average molecular weight is 159 g/mol. The highest BCUT2D eigenvalue weighted by Gasteiger charge is 1.86. The van der Waals surface area contributed by atoms with Gasteiger partial charge in [-0.25, -0.2) is 0 Å². The number of nitrogens with one attached hydrogen (secondary N) is 2. The Morgan fingerprint density at radius 2 is 1.73 bits per heavy atom. The number of unbranched alkanes of at least 4 members (excludes halogenated alkanes) is 1. The van der Waals surface area contributed by atoms with Crippen molar-refractivity contribution in [1.82, 2.24) is 10.6 Å². The van der Waals surface area contributed by atoms with Gasteiger partial charge in [0.2, 0.25) is 0 Å². The molecule has 0 aromatic rings. The summed E-state index contributed by atoms with van der Waals surface area (Å²) < 4.78 is 0. The zero-order chi connectivity index (χ0) is 8.36. The van der Waals surface area contributed by atoms with Gasteiger partial charge < -0.3 is 16.4 Å². The van der Waals surface area contributed by atoms with Gasteiger partial charge >= 0.3 is 0 Å². The largest absolute Gasteiger partial charge is 0.330 e. The van der Waals surface area contributed by atoms with Crippen molar-refractivity contribution in [3.05, 3.63) is 0 Å². The third-order valence-corrected chi connectivity index (χ3v) is 1.59. The molecule has 0 fully saturated rings. The standard InChI is InChI=1S/C8H21N3/c1-10-6-4-8-11-7-3-2-5-9/h10-11H,2-9H2,1H3. The zero-order valence-electron chi connectivity index (χ0n) is 7.53.